The minimum absolute atomic E-state index is 0.634. The van der Waals surface area contributed by atoms with Gasteiger partial charge in [-0.15, -0.1) is 0 Å². The summed E-state index contributed by atoms with van der Waals surface area (Å²) < 4.78 is 12.9. The molecule has 20 heavy (non-hydrogen) atoms. The van der Waals surface area contributed by atoms with E-state index in [9.17, 15) is 0 Å². The fourth-order valence-electron chi connectivity index (χ4n) is 1.95. The maximum absolute atomic E-state index is 5.62. The maximum atomic E-state index is 5.62. The number of hydrogen-bond donors (Lipinski definition) is 1. The molecule has 108 valence electrons. The topological polar surface area (TPSA) is 48.3 Å². The summed E-state index contributed by atoms with van der Waals surface area (Å²) in [6, 6.07) is 5.81. The lowest BCUT2D eigenvalue weighted by atomic mass is 10.2. The lowest BCUT2D eigenvalue weighted by molar-refractivity contribution is 0.332. The van der Waals surface area contributed by atoms with E-state index < -0.39 is 0 Å². The van der Waals surface area contributed by atoms with Crippen LogP contribution < -0.4 is 14.8 Å². The Morgan fingerprint density at radius 2 is 2.00 bits per heavy atom. The Morgan fingerprint density at radius 3 is 2.65 bits per heavy atom. The van der Waals surface area contributed by atoms with Crippen LogP contribution in [0.25, 0.3) is 0 Å². The minimum Gasteiger partial charge on any atom is -0.494 e. The molecule has 0 aliphatic rings. The number of anilines is 1. The molecular weight excluding hydrogens is 254 g/mol. The van der Waals surface area contributed by atoms with Gasteiger partial charge in [0.05, 0.1) is 25.1 Å². The largest absolute Gasteiger partial charge is 0.494 e. The second-order valence-corrected chi connectivity index (χ2v) is 4.40. The van der Waals surface area contributed by atoms with Crippen molar-refractivity contribution in [3.63, 3.8) is 0 Å². The zero-order chi connectivity index (χ0) is 14.4. The van der Waals surface area contributed by atoms with Crippen molar-refractivity contribution in [1.29, 1.82) is 0 Å². The summed E-state index contributed by atoms with van der Waals surface area (Å²) in [5, 5.41) is 7.52. The molecule has 5 heteroatoms. The van der Waals surface area contributed by atoms with Crippen molar-refractivity contribution in [3.8, 4) is 11.5 Å². The van der Waals surface area contributed by atoms with Crippen molar-refractivity contribution < 1.29 is 9.47 Å². The van der Waals surface area contributed by atoms with E-state index in [1.807, 2.05) is 51.5 Å². The van der Waals surface area contributed by atoms with E-state index >= 15 is 0 Å². The van der Waals surface area contributed by atoms with Gasteiger partial charge in [0, 0.05) is 31.4 Å². The van der Waals surface area contributed by atoms with Gasteiger partial charge in [0.1, 0.15) is 11.5 Å². The molecule has 1 aromatic carbocycles. The number of aromatic nitrogens is 2. The van der Waals surface area contributed by atoms with Gasteiger partial charge in [-0.25, -0.2) is 0 Å². The number of aryl methyl sites for hydroxylation is 1. The second-order valence-electron chi connectivity index (χ2n) is 4.40. The van der Waals surface area contributed by atoms with Gasteiger partial charge in [-0.2, -0.15) is 5.10 Å². The van der Waals surface area contributed by atoms with Crippen LogP contribution in [0.4, 0.5) is 5.69 Å². The van der Waals surface area contributed by atoms with Crippen LogP contribution in [-0.2, 0) is 13.6 Å². The van der Waals surface area contributed by atoms with E-state index in [-0.39, 0.29) is 0 Å². The molecule has 1 heterocycles. The lowest BCUT2D eigenvalue weighted by Gasteiger charge is -2.13. The number of nitrogens with zero attached hydrogens (tertiary/aromatic N) is 2. The lowest BCUT2D eigenvalue weighted by Crippen LogP contribution is -2.03. The first-order valence-electron chi connectivity index (χ1n) is 6.84. The molecule has 2 rings (SSSR count). The summed E-state index contributed by atoms with van der Waals surface area (Å²) in [6.07, 6.45) is 3.83. The molecule has 2 aromatic rings. The molecule has 0 atom stereocenters. The van der Waals surface area contributed by atoms with E-state index in [4.69, 9.17) is 9.47 Å². The zero-order valence-electron chi connectivity index (χ0n) is 12.2. The summed E-state index contributed by atoms with van der Waals surface area (Å²) >= 11 is 0. The molecule has 0 bridgehead atoms. The molecule has 0 saturated heterocycles. The minimum atomic E-state index is 0.634. The van der Waals surface area contributed by atoms with Crippen LogP contribution >= 0.6 is 0 Å². The highest BCUT2D eigenvalue weighted by Crippen LogP contribution is 2.29. The fourth-order valence-corrected chi connectivity index (χ4v) is 1.95. The molecule has 0 aliphatic carbocycles. The van der Waals surface area contributed by atoms with Crippen molar-refractivity contribution in [2.45, 2.75) is 20.4 Å². The average molecular weight is 275 g/mol. The van der Waals surface area contributed by atoms with E-state index in [0.717, 1.165) is 22.7 Å². The highest BCUT2D eigenvalue weighted by Gasteiger charge is 2.06. The number of nitrogens with one attached hydrogen (secondary N) is 1. The Bertz CT molecular complexity index is 552. The standard InChI is InChI=1S/C15H21N3O2/c1-4-19-13-6-7-15(20-5-2)14(8-13)16-9-12-10-17-18(3)11-12/h6-8,10-11,16H,4-5,9H2,1-3H3. The first kappa shape index (κ1) is 14.2. The van der Waals surface area contributed by atoms with Crippen LogP contribution in [0.5, 0.6) is 11.5 Å². The number of benzene rings is 1. The number of rotatable bonds is 7. The second kappa shape index (κ2) is 6.84. The van der Waals surface area contributed by atoms with Crippen LogP contribution in [0.15, 0.2) is 30.6 Å². The molecule has 0 saturated carbocycles. The Hall–Kier alpha value is -2.17. The fraction of sp³-hybridized carbons (Fsp3) is 0.400. The van der Waals surface area contributed by atoms with Crippen LogP contribution in [0.1, 0.15) is 19.4 Å². The van der Waals surface area contributed by atoms with Gasteiger partial charge in [-0.3, -0.25) is 4.68 Å². The quantitative estimate of drug-likeness (QED) is 0.844. The number of hydrogen-bond acceptors (Lipinski definition) is 4. The van der Waals surface area contributed by atoms with E-state index in [1.165, 1.54) is 0 Å². The summed E-state index contributed by atoms with van der Waals surface area (Å²) in [7, 11) is 1.91. The molecule has 0 fully saturated rings. The average Bonchev–Trinajstić information content (AvgIpc) is 2.85. The summed E-state index contributed by atoms with van der Waals surface area (Å²) in [5.41, 5.74) is 2.05. The molecule has 0 radical (unpaired) electrons. The van der Waals surface area contributed by atoms with Gasteiger partial charge in [-0.05, 0) is 26.0 Å². The summed E-state index contributed by atoms with van der Waals surface area (Å²) in [6.45, 7) is 5.93. The molecule has 1 N–H and O–H groups in total. The van der Waals surface area contributed by atoms with Crippen molar-refractivity contribution in [2.24, 2.45) is 7.05 Å². The van der Waals surface area contributed by atoms with Crippen molar-refractivity contribution >= 4 is 5.69 Å². The van der Waals surface area contributed by atoms with Gasteiger partial charge >= 0.3 is 0 Å². The van der Waals surface area contributed by atoms with E-state index in [0.29, 0.717) is 19.8 Å². The maximum Gasteiger partial charge on any atom is 0.142 e. The molecule has 0 unspecified atom stereocenters. The van der Waals surface area contributed by atoms with Crippen LogP contribution in [0.2, 0.25) is 0 Å². The van der Waals surface area contributed by atoms with Crippen LogP contribution in [-0.4, -0.2) is 23.0 Å². The van der Waals surface area contributed by atoms with Gasteiger partial charge in [-0.1, -0.05) is 0 Å². The molecule has 0 aliphatic heterocycles. The first-order chi connectivity index (χ1) is 9.72. The molecular formula is C15H21N3O2. The Labute approximate surface area is 119 Å². The van der Waals surface area contributed by atoms with E-state index in [2.05, 4.69) is 10.4 Å². The van der Waals surface area contributed by atoms with Gasteiger partial charge in [0.15, 0.2) is 0 Å². The molecule has 1 aromatic heterocycles. The van der Waals surface area contributed by atoms with Crippen LogP contribution in [0.3, 0.4) is 0 Å². The SMILES string of the molecule is CCOc1ccc(OCC)c(NCc2cnn(C)c2)c1. The van der Waals surface area contributed by atoms with Gasteiger partial charge in [0.2, 0.25) is 0 Å². The summed E-state index contributed by atoms with van der Waals surface area (Å²) in [5.74, 6) is 1.67. The molecule has 0 spiro atoms. The first-order valence-corrected chi connectivity index (χ1v) is 6.84. The molecule has 5 nitrogen and oxygen atoms in total. The predicted molar refractivity (Wildman–Crippen MR) is 79.3 cm³/mol. The van der Waals surface area contributed by atoms with Gasteiger partial charge in [0.25, 0.3) is 0 Å². The highest BCUT2D eigenvalue weighted by atomic mass is 16.5. The van der Waals surface area contributed by atoms with Crippen molar-refractivity contribution in [3.05, 3.63) is 36.2 Å². The Balaban J connectivity index is 2.11. The normalized spacial score (nSPS) is 10.3. The highest BCUT2D eigenvalue weighted by molar-refractivity contribution is 5.59. The monoisotopic (exact) mass is 275 g/mol. The molecule has 0 amide bonds. The number of ether oxygens (including phenoxy) is 2. The third kappa shape index (κ3) is 3.66. The Kier molecular flexibility index (Phi) is 4.87. The summed E-state index contributed by atoms with van der Waals surface area (Å²) in [4.78, 5) is 0. The van der Waals surface area contributed by atoms with Gasteiger partial charge < -0.3 is 14.8 Å². The van der Waals surface area contributed by atoms with E-state index in [1.54, 1.807) is 4.68 Å². The smallest absolute Gasteiger partial charge is 0.142 e. The zero-order valence-corrected chi connectivity index (χ0v) is 12.2. The third-order valence-electron chi connectivity index (χ3n) is 2.80. The van der Waals surface area contributed by atoms with Crippen LogP contribution in [0, 0.1) is 0 Å². The third-order valence-corrected chi connectivity index (χ3v) is 2.80. The van der Waals surface area contributed by atoms with Crippen molar-refractivity contribution in [1.82, 2.24) is 9.78 Å². The Morgan fingerprint density at radius 1 is 1.20 bits per heavy atom. The van der Waals surface area contributed by atoms with Crippen molar-refractivity contribution in [2.75, 3.05) is 18.5 Å². The predicted octanol–water partition coefficient (Wildman–Crippen LogP) is 2.83.